The van der Waals surface area contributed by atoms with Crippen molar-refractivity contribution in [2.75, 3.05) is 27.3 Å². The van der Waals surface area contributed by atoms with Crippen LogP contribution in [0.4, 0.5) is 0 Å². The number of aryl methyl sites for hydroxylation is 1. The summed E-state index contributed by atoms with van der Waals surface area (Å²) in [5, 5.41) is 2.90. The molecule has 1 N–H and O–H groups in total. The zero-order chi connectivity index (χ0) is 16.3. The molecule has 1 aromatic heterocycles. The van der Waals surface area contributed by atoms with Gasteiger partial charge < -0.3 is 4.74 Å². The quantitative estimate of drug-likeness (QED) is 0.845. The summed E-state index contributed by atoms with van der Waals surface area (Å²) in [6.45, 7) is 0.617. The molecule has 0 atom stereocenters. The van der Waals surface area contributed by atoms with Crippen LogP contribution >= 0.6 is 0 Å². The van der Waals surface area contributed by atoms with Crippen LogP contribution in [0.3, 0.4) is 0 Å². The van der Waals surface area contributed by atoms with Crippen molar-refractivity contribution < 1.29 is 13.2 Å². The van der Waals surface area contributed by atoms with Crippen LogP contribution in [0, 0.1) is 0 Å². The first-order valence-corrected chi connectivity index (χ1v) is 8.12. The van der Waals surface area contributed by atoms with Gasteiger partial charge in [0.2, 0.25) is 10.0 Å². The van der Waals surface area contributed by atoms with Crippen LogP contribution in [0.1, 0.15) is 0 Å². The highest BCUT2D eigenvalue weighted by molar-refractivity contribution is 7.89. The molecular weight excluding hydrogens is 306 g/mol. The number of H-pyrrole nitrogens is 1. The second-order valence-electron chi connectivity index (χ2n) is 4.91. The molecule has 0 bridgehead atoms. The zero-order valence-electron chi connectivity index (χ0n) is 12.7. The van der Waals surface area contributed by atoms with Crippen molar-refractivity contribution in [3.05, 3.63) is 40.7 Å². The van der Waals surface area contributed by atoms with Crippen LogP contribution in [-0.2, 0) is 21.8 Å². The Morgan fingerprint density at radius 1 is 1.27 bits per heavy atom. The predicted molar refractivity (Wildman–Crippen MR) is 83.2 cm³/mol. The van der Waals surface area contributed by atoms with E-state index in [-0.39, 0.29) is 17.0 Å². The van der Waals surface area contributed by atoms with E-state index < -0.39 is 10.0 Å². The second kappa shape index (κ2) is 6.47. The first-order chi connectivity index (χ1) is 10.4. The average Bonchev–Trinajstić information content (AvgIpc) is 2.84. The maximum atomic E-state index is 12.4. The number of likely N-dealkylation sites (N-methyl/N-ethyl adjacent to an activating group) is 1. The topological polar surface area (TPSA) is 84.4 Å². The second-order valence-corrected chi connectivity index (χ2v) is 6.96. The fraction of sp³-hybridized carbons (Fsp3) is 0.357. The molecule has 0 spiro atoms. The van der Waals surface area contributed by atoms with E-state index in [4.69, 9.17) is 4.74 Å². The van der Waals surface area contributed by atoms with Gasteiger partial charge in [-0.05, 0) is 17.7 Å². The number of methoxy groups -OCH3 is 1. The highest BCUT2D eigenvalue weighted by Crippen LogP contribution is 2.20. The molecule has 2 rings (SSSR count). The highest BCUT2D eigenvalue weighted by atomic mass is 32.2. The van der Waals surface area contributed by atoms with Gasteiger partial charge in [-0.25, -0.2) is 8.42 Å². The Balaban J connectivity index is 2.26. The van der Waals surface area contributed by atoms with Gasteiger partial charge in [0.25, 0.3) is 5.56 Å². The maximum absolute atomic E-state index is 12.4. The molecule has 0 radical (unpaired) electrons. The third kappa shape index (κ3) is 3.29. The van der Waals surface area contributed by atoms with Gasteiger partial charge in [-0.15, -0.1) is 0 Å². The monoisotopic (exact) mass is 325 g/mol. The van der Waals surface area contributed by atoms with Crippen molar-refractivity contribution in [2.24, 2.45) is 7.05 Å². The molecule has 0 aliphatic rings. The number of hydrogen-bond donors (Lipinski definition) is 1. The van der Waals surface area contributed by atoms with E-state index in [0.717, 1.165) is 5.56 Å². The first kappa shape index (κ1) is 16.5. The SMILES string of the molecule is COCCN(C)S(=O)(=O)c1ccc(-c2cc(=O)n(C)[nH]2)cc1. The number of rotatable bonds is 6. The molecule has 0 saturated heterocycles. The van der Waals surface area contributed by atoms with Crippen LogP contribution in [0.15, 0.2) is 40.0 Å². The normalized spacial score (nSPS) is 12.0. The minimum absolute atomic E-state index is 0.147. The summed E-state index contributed by atoms with van der Waals surface area (Å²) in [5.41, 5.74) is 1.24. The number of ether oxygens (including phenoxy) is 1. The van der Waals surface area contributed by atoms with Crippen molar-refractivity contribution in [1.29, 1.82) is 0 Å². The summed E-state index contributed by atoms with van der Waals surface area (Å²) in [6, 6.07) is 7.86. The van der Waals surface area contributed by atoms with Gasteiger partial charge in [0, 0.05) is 33.8 Å². The van der Waals surface area contributed by atoms with E-state index in [9.17, 15) is 13.2 Å². The summed E-state index contributed by atoms with van der Waals surface area (Å²) in [6.07, 6.45) is 0. The third-order valence-corrected chi connectivity index (χ3v) is 5.24. The van der Waals surface area contributed by atoms with Gasteiger partial charge in [-0.1, -0.05) is 12.1 Å². The average molecular weight is 325 g/mol. The van der Waals surface area contributed by atoms with Gasteiger partial charge in [0.05, 0.1) is 17.2 Å². The van der Waals surface area contributed by atoms with Crippen LogP contribution < -0.4 is 5.56 Å². The Kier molecular flexibility index (Phi) is 4.84. The van der Waals surface area contributed by atoms with Crippen molar-refractivity contribution in [3.8, 4) is 11.3 Å². The molecule has 7 nitrogen and oxygen atoms in total. The zero-order valence-corrected chi connectivity index (χ0v) is 13.6. The fourth-order valence-electron chi connectivity index (χ4n) is 1.96. The number of benzene rings is 1. The lowest BCUT2D eigenvalue weighted by Gasteiger charge is -2.16. The van der Waals surface area contributed by atoms with Crippen molar-refractivity contribution in [2.45, 2.75) is 4.90 Å². The number of nitrogens with zero attached hydrogens (tertiary/aromatic N) is 2. The van der Waals surface area contributed by atoms with Gasteiger partial charge in [-0.2, -0.15) is 4.31 Å². The Hall–Kier alpha value is -1.90. The van der Waals surface area contributed by atoms with Gasteiger partial charge in [0.1, 0.15) is 0 Å². The summed E-state index contributed by atoms with van der Waals surface area (Å²) < 4.78 is 32.2. The Morgan fingerprint density at radius 3 is 2.41 bits per heavy atom. The smallest absolute Gasteiger partial charge is 0.266 e. The molecule has 8 heteroatoms. The minimum atomic E-state index is -3.54. The lowest BCUT2D eigenvalue weighted by Crippen LogP contribution is -2.30. The molecule has 0 saturated carbocycles. The molecule has 1 aromatic carbocycles. The Bertz CT molecular complexity index is 790. The van der Waals surface area contributed by atoms with Crippen molar-refractivity contribution in [1.82, 2.24) is 14.1 Å². The molecular formula is C14H19N3O4S. The van der Waals surface area contributed by atoms with E-state index in [2.05, 4.69) is 5.10 Å². The fourth-order valence-corrected chi connectivity index (χ4v) is 3.12. The van der Waals surface area contributed by atoms with E-state index >= 15 is 0 Å². The van der Waals surface area contributed by atoms with E-state index in [1.807, 2.05) is 0 Å². The summed E-state index contributed by atoms with van der Waals surface area (Å²) in [5.74, 6) is 0. The van der Waals surface area contributed by atoms with Crippen LogP contribution in [0.2, 0.25) is 0 Å². The van der Waals surface area contributed by atoms with E-state index in [1.165, 1.54) is 41.3 Å². The molecule has 0 amide bonds. The molecule has 22 heavy (non-hydrogen) atoms. The molecule has 1 heterocycles. The molecule has 0 aliphatic heterocycles. The molecule has 2 aromatic rings. The Labute approximate surface area is 129 Å². The maximum Gasteiger partial charge on any atom is 0.266 e. The van der Waals surface area contributed by atoms with Crippen LogP contribution in [0.5, 0.6) is 0 Å². The Morgan fingerprint density at radius 2 is 1.91 bits per heavy atom. The van der Waals surface area contributed by atoms with Gasteiger partial charge in [-0.3, -0.25) is 14.6 Å². The molecule has 0 fully saturated rings. The lowest BCUT2D eigenvalue weighted by atomic mass is 10.2. The van der Waals surface area contributed by atoms with Gasteiger partial charge in [0.15, 0.2) is 0 Å². The van der Waals surface area contributed by atoms with Crippen LogP contribution in [-0.4, -0.2) is 49.8 Å². The lowest BCUT2D eigenvalue weighted by molar-refractivity contribution is 0.185. The summed E-state index contributed by atoms with van der Waals surface area (Å²) in [7, 11) is 1.12. The number of aromatic nitrogens is 2. The molecule has 0 aliphatic carbocycles. The van der Waals surface area contributed by atoms with Gasteiger partial charge >= 0.3 is 0 Å². The third-order valence-electron chi connectivity index (χ3n) is 3.37. The van der Waals surface area contributed by atoms with E-state index in [0.29, 0.717) is 12.3 Å². The van der Waals surface area contributed by atoms with Crippen LogP contribution in [0.25, 0.3) is 11.3 Å². The highest BCUT2D eigenvalue weighted by Gasteiger charge is 2.20. The van der Waals surface area contributed by atoms with Crippen molar-refractivity contribution >= 4 is 10.0 Å². The largest absolute Gasteiger partial charge is 0.383 e. The van der Waals surface area contributed by atoms with E-state index in [1.54, 1.807) is 19.2 Å². The standard InChI is InChI=1S/C14H19N3O4S/c1-16(8-9-21-3)22(19,20)12-6-4-11(5-7-12)13-10-14(18)17(2)15-13/h4-7,10,15H,8-9H2,1-3H3. The molecule has 0 unspecified atom stereocenters. The summed E-state index contributed by atoms with van der Waals surface area (Å²) >= 11 is 0. The first-order valence-electron chi connectivity index (χ1n) is 6.68. The molecule has 120 valence electrons. The summed E-state index contributed by atoms with van der Waals surface area (Å²) in [4.78, 5) is 11.6. The number of sulfonamides is 1. The van der Waals surface area contributed by atoms with Crippen molar-refractivity contribution in [3.63, 3.8) is 0 Å². The predicted octanol–water partition coefficient (Wildman–Crippen LogP) is 0.647. The number of aromatic amines is 1. The number of nitrogens with one attached hydrogen (secondary N) is 1. The minimum Gasteiger partial charge on any atom is -0.383 e. The number of hydrogen-bond acceptors (Lipinski definition) is 4.